The molecule has 1 N–H and O–H groups in total. The van der Waals surface area contributed by atoms with Gasteiger partial charge in [-0.1, -0.05) is 18.2 Å². The number of anilines is 2. The molecule has 0 spiro atoms. The number of amides is 3. The molecule has 1 aliphatic heterocycles. The summed E-state index contributed by atoms with van der Waals surface area (Å²) in [5.41, 5.74) is 1.33. The summed E-state index contributed by atoms with van der Waals surface area (Å²) < 4.78 is 10.3. The van der Waals surface area contributed by atoms with Gasteiger partial charge in [0.15, 0.2) is 0 Å². The Morgan fingerprint density at radius 2 is 1.69 bits per heavy atom. The molecule has 0 bridgehead atoms. The Balaban J connectivity index is 1.41. The Labute approximate surface area is 188 Å². The van der Waals surface area contributed by atoms with E-state index in [2.05, 4.69) is 5.32 Å². The number of ether oxygens (including phenoxy) is 2. The SMILES string of the molecule is COC(=O)N(C)c1ccc(NC(=O)C2CCN(C(=O)CCOc3ccccc3)CC2)cc1. The Hall–Kier alpha value is -3.55. The highest BCUT2D eigenvalue weighted by Gasteiger charge is 2.27. The van der Waals surface area contributed by atoms with E-state index in [0.717, 1.165) is 5.75 Å². The van der Waals surface area contributed by atoms with Crippen molar-refractivity contribution in [3.8, 4) is 5.75 Å². The van der Waals surface area contributed by atoms with Crippen LogP contribution in [0.2, 0.25) is 0 Å². The highest BCUT2D eigenvalue weighted by atomic mass is 16.5. The fraction of sp³-hybridized carbons (Fsp3) is 0.375. The van der Waals surface area contributed by atoms with E-state index in [1.54, 1.807) is 36.2 Å². The zero-order valence-corrected chi connectivity index (χ0v) is 18.5. The van der Waals surface area contributed by atoms with Crippen molar-refractivity contribution in [2.24, 2.45) is 5.92 Å². The molecule has 1 saturated heterocycles. The topological polar surface area (TPSA) is 88.2 Å². The maximum atomic E-state index is 12.6. The molecule has 0 saturated carbocycles. The number of methoxy groups -OCH3 is 1. The third-order valence-corrected chi connectivity index (χ3v) is 5.52. The minimum absolute atomic E-state index is 0.0464. The van der Waals surface area contributed by atoms with Crippen LogP contribution in [-0.2, 0) is 14.3 Å². The number of nitrogens with one attached hydrogen (secondary N) is 1. The number of para-hydroxylation sites is 1. The number of hydrogen-bond acceptors (Lipinski definition) is 5. The number of hydrogen-bond donors (Lipinski definition) is 1. The third-order valence-electron chi connectivity index (χ3n) is 5.52. The zero-order chi connectivity index (χ0) is 22.9. The molecule has 8 heteroatoms. The molecular weight excluding hydrogens is 410 g/mol. The molecular formula is C24H29N3O5. The summed E-state index contributed by atoms with van der Waals surface area (Å²) >= 11 is 0. The van der Waals surface area contributed by atoms with Crippen molar-refractivity contribution in [2.45, 2.75) is 19.3 Å². The summed E-state index contributed by atoms with van der Waals surface area (Å²) in [6, 6.07) is 16.4. The smallest absolute Gasteiger partial charge is 0.413 e. The number of benzene rings is 2. The van der Waals surface area contributed by atoms with Crippen LogP contribution in [0.15, 0.2) is 54.6 Å². The van der Waals surface area contributed by atoms with Crippen LogP contribution in [0.4, 0.5) is 16.2 Å². The molecule has 1 heterocycles. The summed E-state index contributed by atoms with van der Waals surface area (Å²) in [6.07, 6.45) is 1.10. The summed E-state index contributed by atoms with van der Waals surface area (Å²) in [6.45, 7) is 1.46. The lowest BCUT2D eigenvalue weighted by molar-refractivity contribution is -0.135. The molecule has 0 unspecified atom stereocenters. The molecule has 0 radical (unpaired) electrons. The van der Waals surface area contributed by atoms with Gasteiger partial charge in [-0.3, -0.25) is 14.5 Å². The van der Waals surface area contributed by atoms with Crippen molar-refractivity contribution in [1.82, 2.24) is 4.90 Å². The molecule has 8 nitrogen and oxygen atoms in total. The maximum Gasteiger partial charge on any atom is 0.413 e. The van der Waals surface area contributed by atoms with Crippen molar-refractivity contribution >= 4 is 29.3 Å². The zero-order valence-electron chi connectivity index (χ0n) is 18.5. The minimum atomic E-state index is -0.463. The van der Waals surface area contributed by atoms with Crippen LogP contribution in [0.5, 0.6) is 5.75 Å². The van der Waals surface area contributed by atoms with E-state index >= 15 is 0 Å². The van der Waals surface area contributed by atoms with Gasteiger partial charge in [-0.2, -0.15) is 0 Å². The van der Waals surface area contributed by atoms with Gasteiger partial charge in [0.2, 0.25) is 11.8 Å². The molecule has 1 aliphatic rings. The molecule has 0 atom stereocenters. The van der Waals surface area contributed by atoms with Gasteiger partial charge < -0.3 is 19.7 Å². The maximum absolute atomic E-state index is 12.6. The first kappa shape index (κ1) is 23.1. The fourth-order valence-corrected chi connectivity index (χ4v) is 3.58. The lowest BCUT2D eigenvalue weighted by Crippen LogP contribution is -2.41. The Kier molecular flexibility index (Phi) is 8.08. The van der Waals surface area contributed by atoms with Crippen LogP contribution < -0.4 is 15.0 Å². The minimum Gasteiger partial charge on any atom is -0.493 e. The van der Waals surface area contributed by atoms with E-state index in [9.17, 15) is 14.4 Å². The first-order valence-electron chi connectivity index (χ1n) is 10.7. The Morgan fingerprint density at radius 1 is 1.03 bits per heavy atom. The molecule has 1 fully saturated rings. The number of carbonyl (C=O) groups excluding carboxylic acids is 3. The molecule has 0 aliphatic carbocycles. The number of likely N-dealkylation sites (tertiary alicyclic amines) is 1. The van der Waals surface area contributed by atoms with Gasteiger partial charge >= 0.3 is 6.09 Å². The molecule has 32 heavy (non-hydrogen) atoms. The standard InChI is InChI=1S/C24H29N3O5/c1-26(24(30)31-2)20-10-8-19(9-11-20)25-23(29)18-12-15-27(16-13-18)22(28)14-17-32-21-6-4-3-5-7-21/h3-11,18H,12-17H2,1-2H3,(H,25,29). The Morgan fingerprint density at radius 3 is 2.31 bits per heavy atom. The van der Waals surface area contributed by atoms with Gasteiger partial charge in [-0.05, 0) is 49.2 Å². The van der Waals surface area contributed by atoms with Gasteiger partial charge in [0, 0.05) is 37.4 Å². The van der Waals surface area contributed by atoms with Crippen molar-refractivity contribution in [1.29, 1.82) is 0 Å². The van der Waals surface area contributed by atoms with E-state index < -0.39 is 6.09 Å². The number of rotatable bonds is 7. The summed E-state index contributed by atoms with van der Waals surface area (Å²) in [7, 11) is 2.94. The quantitative estimate of drug-likeness (QED) is 0.713. The summed E-state index contributed by atoms with van der Waals surface area (Å²) in [4.78, 5) is 39.8. The molecule has 0 aromatic heterocycles. The lowest BCUT2D eigenvalue weighted by atomic mass is 9.95. The second-order valence-corrected chi connectivity index (χ2v) is 7.63. The predicted octanol–water partition coefficient (Wildman–Crippen LogP) is 3.54. The number of nitrogens with zero attached hydrogens (tertiary/aromatic N) is 2. The molecule has 2 aromatic carbocycles. The Bertz CT molecular complexity index is 909. The van der Waals surface area contributed by atoms with Gasteiger partial charge in [0.1, 0.15) is 5.75 Å². The van der Waals surface area contributed by atoms with Crippen molar-refractivity contribution < 1.29 is 23.9 Å². The normalized spacial score (nSPS) is 13.9. The van der Waals surface area contributed by atoms with Gasteiger partial charge in [-0.25, -0.2) is 4.79 Å². The van der Waals surface area contributed by atoms with Crippen molar-refractivity contribution in [3.05, 3.63) is 54.6 Å². The number of carbonyl (C=O) groups is 3. The third kappa shape index (κ3) is 6.23. The van der Waals surface area contributed by atoms with Gasteiger partial charge in [-0.15, -0.1) is 0 Å². The van der Waals surface area contributed by atoms with Crippen LogP contribution in [0.25, 0.3) is 0 Å². The van der Waals surface area contributed by atoms with E-state index in [-0.39, 0.29) is 17.7 Å². The van der Waals surface area contributed by atoms with E-state index in [0.29, 0.717) is 50.3 Å². The second-order valence-electron chi connectivity index (χ2n) is 7.63. The van der Waals surface area contributed by atoms with Gasteiger partial charge in [0.25, 0.3) is 0 Å². The second kappa shape index (κ2) is 11.2. The first-order chi connectivity index (χ1) is 15.5. The summed E-state index contributed by atoms with van der Waals surface area (Å²) in [5.74, 6) is 0.598. The van der Waals surface area contributed by atoms with Crippen LogP contribution >= 0.6 is 0 Å². The highest BCUT2D eigenvalue weighted by molar-refractivity contribution is 5.93. The van der Waals surface area contributed by atoms with Crippen LogP contribution in [0.1, 0.15) is 19.3 Å². The van der Waals surface area contributed by atoms with Gasteiger partial charge in [0.05, 0.1) is 20.1 Å². The van der Waals surface area contributed by atoms with E-state index in [1.165, 1.54) is 12.0 Å². The average Bonchev–Trinajstić information content (AvgIpc) is 2.84. The highest BCUT2D eigenvalue weighted by Crippen LogP contribution is 2.22. The monoisotopic (exact) mass is 439 g/mol. The molecule has 3 amide bonds. The average molecular weight is 440 g/mol. The molecule has 170 valence electrons. The van der Waals surface area contributed by atoms with Crippen molar-refractivity contribution in [3.63, 3.8) is 0 Å². The van der Waals surface area contributed by atoms with E-state index in [4.69, 9.17) is 9.47 Å². The lowest BCUT2D eigenvalue weighted by Gasteiger charge is -2.31. The predicted molar refractivity (Wildman–Crippen MR) is 122 cm³/mol. The van der Waals surface area contributed by atoms with Crippen molar-refractivity contribution in [2.75, 3.05) is 44.1 Å². The van der Waals surface area contributed by atoms with Crippen LogP contribution in [-0.4, -0.2) is 56.7 Å². The number of piperidine rings is 1. The first-order valence-corrected chi connectivity index (χ1v) is 10.7. The van der Waals surface area contributed by atoms with Crippen LogP contribution in [0.3, 0.4) is 0 Å². The fourth-order valence-electron chi connectivity index (χ4n) is 3.58. The molecule has 3 rings (SSSR count). The van der Waals surface area contributed by atoms with Crippen LogP contribution in [0, 0.1) is 5.92 Å². The molecule has 2 aromatic rings. The summed E-state index contributed by atoms with van der Waals surface area (Å²) in [5, 5.41) is 2.92. The van der Waals surface area contributed by atoms with E-state index in [1.807, 2.05) is 30.3 Å². The largest absolute Gasteiger partial charge is 0.493 e.